The Kier molecular flexibility index (Phi) is 3.35. The summed E-state index contributed by atoms with van der Waals surface area (Å²) >= 11 is 0. The van der Waals surface area contributed by atoms with Gasteiger partial charge in [-0.3, -0.25) is 4.79 Å². The van der Waals surface area contributed by atoms with E-state index in [-0.39, 0.29) is 11.3 Å². The molecule has 2 nitrogen and oxygen atoms in total. The van der Waals surface area contributed by atoms with Crippen LogP contribution in [0.2, 0.25) is 0 Å². The molecule has 20 heavy (non-hydrogen) atoms. The van der Waals surface area contributed by atoms with Crippen molar-refractivity contribution in [2.75, 3.05) is 13.1 Å². The average Bonchev–Trinajstić information content (AvgIpc) is 2.97. The summed E-state index contributed by atoms with van der Waals surface area (Å²) in [5.74, 6) is 1.76. The predicted molar refractivity (Wildman–Crippen MR) is 81.9 cm³/mol. The van der Waals surface area contributed by atoms with Gasteiger partial charge in [-0.15, -0.1) is 0 Å². The van der Waals surface area contributed by atoms with Crippen LogP contribution in [0.3, 0.4) is 0 Å². The van der Waals surface area contributed by atoms with Gasteiger partial charge in [-0.05, 0) is 47.8 Å². The molecule has 2 fully saturated rings. The molecule has 0 aromatic heterocycles. The molecule has 1 amide bonds. The second-order valence-electron chi connectivity index (χ2n) is 7.49. The van der Waals surface area contributed by atoms with Crippen LogP contribution in [0.15, 0.2) is 24.3 Å². The Balaban J connectivity index is 1.72. The number of carbonyl (C=O) groups excluding carboxylic acids is 1. The van der Waals surface area contributed by atoms with E-state index >= 15 is 0 Å². The second-order valence-corrected chi connectivity index (χ2v) is 7.49. The molecule has 2 aliphatic rings. The van der Waals surface area contributed by atoms with Gasteiger partial charge in [-0.2, -0.15) is 0 Å². The van der Waals surface area contributed by atoms with E-state index in [0.717, 1.165) is 30.5 Å². The van der Waals surface area contributed by atoms with Gasteiger partial charge in [-0.1, -0.05) is 39.3 Å². The zero-order valence-electron chi connectivity index (χ0n) is 12.9. The number of amides is 1. The van der Waals surface area contributed by atoms with Crippen molar-refractivity contribution in [1.29, 1.82) is 0 Å². The van der Waals surface area contributed by atoms with Crippen LogP contribution < -0.4 is 0 Å². The SMILES string of the molecule is CC(C)(C)c1ccc(C(=O)N2C[C@H]3CCC[C@H]3C2)cc1. The smallest absolute Gasteiger partial charge is 0.253 e. The number of hydrogen-bond donors (Lipinski definition) is 0. The zero-order valence-corrected chi connectivity index (χ0v) is 12.9. The highest BCUT2D eigenvalue weighted by molar-refractivity contribution is 5.94. The molecular formula is C18H25NO. The number of nitrogens with zero attached hydrogens (tertiary/aromatic N) is 1. The van der Waals surface area contributed by atoms with Crippen LogP contribution in [0.25, 0.3) is 0 Å². The van der Waals surface area contributed by atoms with Crippen molar-refractivity contribution in [1.82, 2.24) is 4.90 Å². The summed E-state index contributed by atoms with van der Waals surface area (Å²) in [5.41, 5.74) is 2.28. The topological polar surface area (TPSA) is 20.3 Å². The van der Waals surface area contributed by atoms with Gasteiger partial charge in [-0.25, -0.2) is 0 Å². The molecule has 3 rings (SSSR count). The monoisotopic (exact) mass is 271 g/mol. The lowest BCUT2D eigenvalue weighted by Crippen LogP contribution is -2.29. The molecule has 2 atom stereocenters. The first-order valence-corrected chi connectivity index (χ1v) is 7.85. The number of fused-ring (bicyclic) bond motifs is 1. The third kappa shape index (κ3) is 2.48. The molecule has 1 aliphatic carbocycles. The minimum absolute atomic E-state index is 0.145. The molecule has 1 aromatic rings. The largest absolute Gasteiger partial charge is 0.338 e. The van der Waals surface area contributed by atoms with Gasteiger partial charge in [0.25, 0.3) is 5.91 Å². The van der Waals surface area contributed by atoms with Crippen molar-refractivity contribution < 1.29 is 4.79 Å². The fraction of sp³-hybridized carbons (Fsp3) is 0.611. The molecular weight excluding hydrogens is 246 g/mol. The zero-order chi connectivity index (χ0) is 14.3. The fourth-order valence-corrected chi connectivity index (χ4v) is 3.70. The van der Waals surface area contributed by atoms with Gasteiger partial charge in [0.2, 0.25) is 0 Å². The molecule has 108 valence electrons. The average molecular weight is 271 g/mol. The summed E-state index contributed by atoms with van der Waals surface area (Å²) < 4.78 is 0. The maximum atomic E-state index is 12.6. The number of hydrogen-bond acceptors (Lipinski definition) is 1. The summed E-state index contributed by atoms with van der Waals surface area (Å²) in [7, 11) is 0. The van der Waals surface area contributed by atoms with Crippen LogP contribution in [0, 0.1) is 11.8 Å². The van der Waals surface area contributed by atoms with Crippen LogP contribution in [-0.2, 0) is 5.41 Å². The van der Waals surface area contributed by atoms with E-state index in [1.807, 2.05) is 12.1 Å². The lowest BCUT2D eigenvalue weighted by molar-refractivity contribution is 0.0780. The Labute approximate surface area is 122 Å². The number of rotatable bonds is 1. The first kappa shape index (κ1) is 13.7. The maximum Gasteiger partial charge on any atom is 0.253 e. The molecule has 0 spiro atoms. The third-order valence-corrected chi connectivity index (χ3v) is 5.01. The molecule has 1 saturated carbocycles. The first-order valence-electron chi connectivity index (χ1n) is 7.85. The molecule has 1 heterocycles. The normalized spacial score (nSPS) is 25.9. The van der Waals surface area contributed by atoms with Crippen LogP contribution >= 0.6 is 0 Å². The minimum atomic E-state index is 0.145. The maximum absolute atomic E-state index is 12.6. The van der Waals surface area contributed by atoms with Crippen molar-refractivity contribution in [3.8, 4) is 0 Å². The van der Waals surface area contributed by atoms with E-state index in [4.69, 9.17) is 0 Å². The van der Waals surface area contributed by atoms with E-state index in [1.165, 1.54) is 24.8 Å². The van der Waals surface area contributed by atoms with Gasteiger partial charge in [0, 0.05) is 18.7 Å². The van der Waals surface area contributed by atoms with Gasteiger partial charge in [0.15, 0.2) is 0 Å². The first-order chi connectivity index (χ1) is 9.45. The van der Waals surface area contributed by atoms with Crippen LogP contribution in [0.1, 0.15) is 56.0 Å². The van der Waals surface area contributed by atoms with Gasteiger partial charge in [0.05, 0.1) is 0 Å². The summed E-state index contributed by atoms with van der Waals surface area (Å²) in [6, 6.07) is 8.20. The molecule has 1 aliphatic heterocycles. The van der Waals surface area contributed by atoms with Crippen molar-refractivity contribution >= 4 is 5.91 Å². The second kappa shape index (κ2) is 4.91. The number of likely N-dealkylation sites (tertiary alicyclic amines) is 1. The number of benzene rings is 1. The van der Waals surface area contributed by atoms with Crippen molar-refractivity contribution in [2.24, 2.45) is 11.8 Å². The lowest BCUT2D eigenvalue weighted by atomic mass is 9.86. The summed E-state index contributed by atoms with van der Waals surface area (Å²) in [6.45, 7) is 8.55. The highest BCUT2D eigenvalue weighted by Gasteiger charge is 2.38. The summed E-state index contributed by atoms with van der Waals surface area (Å²) in [6.07, 6.45) is 3.99. The van der Waals surface area contributed by atoms with E-state index < -0.39 is 0 Å². The van der Waals surface area contributed by atoms with Crippen molar-refractivity contribution in [3.05, 3.63) is 35.4 Å². The Bertz CT molecular complexity index is 485. The van der Waals surface area contributed by atoms with E-state index in [0.29, 0.717) is 0 Å². The van der Waals surface area contributed by atoms with Crippen LogP contribution in [0.5, 0.6) is 0 Å². The molecule has 1 saturated heterocycles. The molecule has 0 bridgehead atoms. The number of carbonyl (C=O) groups is 1. The Morgan fingerprint density at radius 1 is 1.05 bits per heavy atom. The van der Waals surface area contributed by atoms with Crippen molar-refractivity contribution in [2.45, 2.75) is 45.4 Å². The van der Waals surface area contributed by atoms with Gasteiger partial charge in [0.1, 0.15) is 0 Å². The Morgan fingerprint density at radius 2 is 1.60 bits per heavy atom. The Hall–Kier alpha value is -1.31. The van der Waals surface area contributed by atoms with E-state index in [1.54, 1.807) is 0 Å². The Morgan fingerprint density at radius 3 is 2.10 bits per heavy atom. The van der Waals surface area contributed by atoms with E-state index in [2.05, 4.69) is 37.8 Å². The molecule has 2 heteroatoms. The minimum Gasteiger partial charge on any atom is -0.338 e. The summed E-state index contributed by atoms with van der Waals surface area (Å²) in [4.78, 5) is 14.6. The standard InChI is InChI=1S/C18H25NO/c1-18(2,3)16-9-7-13(8-10-16)17(20)19-11-14-5-4-6-15(14)12-19/h7-10,14-15H,4-6,11-12H2,1-3H3/t14-,15+. The summed E-state index contributed by atoms with van der Waals surface area (Å²) in [5, 5.41) is 0. The van der Waals surface area contributed by atoms with Crippen LogP contribution in [0.4, 0.5) is 0 Å². The molecule has 0 N–H and O–H groups in total. The molecule has 0 radical (unpaired) electrons. The fourth-order valence-electron chi connectivity index (χ4n) is 3.70. The van der Waals surface area contributed by atoms with Crippen LogP contribution in [-0.4, -0.2) is 23.9 Å². The van der Waals surface area contributed by atoms with Gasteiger partial charge < -0.3 is 4.90 Å². The van der Waals surface area contributed by atoms with E-state index in [9.17, 15) is 4.79 Å². The lowest BCUT2D eigenvalue weighted by Gasteiger charge is -2.21. The highest BCUT2D eigenvalue weighted by Crippen LogP contribution is 2.38. The molecule has 0 unspecified atom stereocenters. The van der Waals surface area contributed by atoms with Crippen molar-refractivity contribution in [3.63, 3.8) is 0 Å². The highest BCUT2D eigenvalue weighted by atomic mass is 16.2. The quantitative estimate of drug-likeness (QED) is 0.759. The molecule has 1 aromatic carbocycles. The third-order valence-electron chi connectivity index (χ3n) is 5.01. The van der Waals surface area contributed by atoms with Gasteiger partial charge >= 0.3 is 0 Å². The predicted octanol–water partition coefficient (Wildman–Crippen LogP) is 3.86.